The van der Waals surface area contributed by atoms with Gasteiger partial charge in [-0.2, -0.15) is 0 Å². The zero-order chi connectivity index (χ0) is 10.1. The summed E-state index contributed by atoms with van der Waals surface area (Å²) in [6.07, 6.45) is 2.67. The number of hydrogen-bond acceptors (Lipinski definition) is 1. The molecule has 1 nitrogen and oxygen atoms in total. The molecule has 14 heavy (non-hydrogen) atoms. The summed E-state index contributed by atoms with van der Waals surface area (Å²) in [6.45, 7) is 0. The van der Waals surface area contributed by atoms with Crippen LogP contribution in [0.3, 0.4) is 0 Å². The summed E-state index contributed by atoms with van der Waals surface area (Å²) >= 11 is 5.62. The van der Waals surface area contributed by atoms with Gasteiger partial charge < -0.3 is 5.11 Å². The number of hydrogen-bond donors (Lipinski definition) is 1. The highest BCUT2D eigenvalue weighted by molar-refractivity contribution is 6.30. The maximum absolute atomic E-state index is 12.8. The molecule has 0 radical (unpaired) electrons. The normalized spacial score (nSPS) is 18.2. The molecule has 1 unspecified atom stereocenters. The van der Waals surface area contributed by atoms with Gasteiger partial charge in [0, 0.05) is 0 Å². The summed E-state index contributed by atoms with van der Waals surface area (Å²) in [4.78, 5) is 0. The van der Waals surface area contributed by atoms with Crippen LogP contribution < -0.4 is 0 Å². The topological polar surface area (TPSA) is 20.2 Å². The fraction of sp³-hybridized carbons (Fsp3) is 0.455. The van der Waals surface area contributed by atoms with Crippen molar-refractivity contribution in [3.05, 3.63) is 34.6 Å². The summed E-state index contributed by atoms with van der Waals surface area (Å²) in [5, 5.41) is 9.85. The van der Waals surface area contributed by atoms with Crippen LogP contribution in [0.5, 0.6) is 0 Å². The van der Waals surface area contributed by atoms with Gasteiger partial charge in [-0.05, 0) is 30.0 Å². The summed E-state index contributed by atoms with van der Waals surface area (Å²) < 4.78 is 12.8. The zero-order valence-corrected chi connectivity index (χ0v) is 8.47. The quantitative estimate of drug-likeness (QED) is 0.819. The summed E-state index contributed by atoms with van der Waals surface area (Å²) in [5.41, 5.74) is 0.711. The molecule has 0 saturated heterocycles. The third kappa shape index (κ3) is 2.25. The molecule has 0 aliphatic heterocycles. The third-order valence-electron chi connectivity index (χ3n) is 2.58. The number of benzene rings is 1. The van der Waals surface area contributed by atoms with Gasteiger partial charge in [-0.25, -0.2) is 4.39 Å². The van der Waals surface area contributed by atoms with Crippen LogP contribution in [0.1, 0.15) is 30.9 Å². The largest absolute Gasteiger partial charge is 0.388 e. The lowest BCUT2D eigenvalue weighted by atomic mass is 10.0. The SMILES string of the molecule is OC(CC1CC1)c1ccc(F)c(Cl)c1. The first-order valence-electron chi connectivity index (χ1n) is 4.80. The molecule has 0 aromatic heterocycles. The summed E-state index contributed by atoms with van der Waals surface area (Å²) in [6, 6.07) is 4.39. The predicted molar refractivity (Wildman–Crippen MR) is 53.7 cm³/mol. The van der Waals surface area contributed by atoms with Crippen molar-refractivity contribution in [3.63, 3.8) is 0 Å². The first-order valence-corrected chi connectivity index (χ1v) is 5.17. The average Bonchev–Trinajstić information content (AvgIpc) is 2.93. The van der Waals surface area contributed by atoms with E-state index in [1.807, 2.05) is 0 Å². The molecular weight excluding hydrogens is 203 g/mol. The van der Waals surface area contributed by atoms with E-state index in [-0.39, 0.29) is 5.02 Å². The second kappa shape index (κ2) is 3.87. The first-order chi connectivity index (χ1) is 6.66. The lowest BCUT2D eigenvalue weighted by Gasteiger charge is -2.10. The van der Waals surface area contributed by atoms with Crippen molar-refractivity contribution >= 4 is 11.6 Å². The lowest BCUT2D eigenvalue weighted by molar-refractivity contribution is 0.160. The van der Waals surface area contributed by atoms with Crippen molar-refractivity contribution in [1.29, 1.82) is 0 Å². The number of rotatable bonds is 3. The summed E-state index contributed by atoms with van der Waals surface area (Å²) in [7, 11) is 0. The van der Waals surface area contributed by atoms with Gasteiger partial charge in [0.25, 0.3) is 0 Å². The fourth-order valence-corrected chi connectivity index (χ4v) is 1.71. The van der Waals surface area contributed by atoms with Gasteiger partial charge >= 0.3 is 0 Å². The Kier molecular flexibility index (Phi) is 2.75. The van der Waals surface area contributed by atoms with Gasteiger partial charge in [-0.15, -0.1) is 0 Å². The van der Waals surface area contributed by atoms with Crippen LogP contribution in [-0.2, 0) is 0 Å². The van der Waals surface area contributed by atoms with Crippen LogP contribution in [0, 0.1) is 11.7 Å². The van der Waals surface area contributed by atoms with Crippen molar-refractivity contribution in [2.75, 3.05) is 0 Å². The monoisotopic (exact) mass is 214 g/mol. The Balaban J connectivity index is 2.10. The minimum Gasteiger partial charge on any atom is -0.388 e. The van der Waals surface area contributed by atoms with Crippen molar-refractivity contribution < 1.29 is 9.50 Å². The van der Waals surface area contributed by atoms with Crippen molar-refractivity contribution in [2.45, 2.75) is 25.4 Å². The van der Waals surface area contributed by atoms with E-state index in [1.165, 1.54) is 25.0 Å². The van der Waals surface area contributed by atoms with Crippen LogP contribution in [0.4, 0.5) is 4.39 Å². The molecule has 1 aromatic carbocycles. The molecular formula is C11H12ClFO. The standard InChI is InChI=1S/C11H12ClFO/c12-9-6-8(3-4-10(9)13)11(14)5-7-1-2-7/h3-4,6-7,11,14H,1-2,5H2. The molecule has 76 valence electrons. The number of aliphatic hydroxyl groups excluding tert-OH is 1. The van der Waals surface area contributed by atoms with Gasteiger partial charge in [-0.3, -0.25) is 0 Å². The van der Waals surface area contributed by atoms with E-state index < -0.39 is 11.9 Å². The molecule has 1 saturated carbocycles. The van der Waals surface area contributed by atoms with Crippen LogP contribution >= 0.6 is 11.6 Å². The third-order valence-corrected chi connectivity index (χ3v) is 2.87. The van der Waals surface area contributed by atoms with Crippen molar-refractivity contribution in [2.24, 2.45) is 5.92 Å². The van der Waals surface area contributed by atoms with Gasteiger partial charge in [0.1, 0.15) is 5.82 Å². The van der Waals surface area contributed by atoms with Gasteiger partial charge in [0.15, 0.2) is 0 Å². The van der Waals surface area contributed by atoms with Crippen molar-refractivity contribution in [1.82, 2.24) is 0 Å². The highest BCUT2D eigenvalue weighted by Gasteiger charge is 2.25. The van der Waals surface area contributed by atoms with E-state index >= 15 is 0 Å². The molecule has 1 aromatic rings. The molecule has 0 heterocycles. The number of halogens is 2. The molecule has 3 heteroatoms. The van der Waals surface area contributed by atoms with Crippen LogP contribution in [-0.4, -0.2) is 5.11 Å². The van der Waals surface area contributed by atoms with Gasteiger partial charge in [0.05, 0.1) is 11.1 Å². The van der Waals surface area contributed by atoms with E-state index in [0.29, 0.717) is 11.5 Å². The Labute approximate surface area is 87.5 Å². The molecule has 1 N–H and O–H groups in total. The molecule has 1 aliphatic rings. The Morgan fingerprint density at radius 3 is 2.79 bits per heavy atom. The second-order valence-electron chi connectivity index (χ2n) is 3.87. The maximum Gasteiger partial charge on any atom is 0.141 e. The Morgan fingerprint density at radius 2 is 2.21 bits per heavy atom. The van der Waals surface area contributed by atoms with E-state index in [9.17, 15) is 9.50 Å². The van der Waals surface area contributed by atoms with Crippen LogP contribution in [0.25, 0.3) is 0 Å². The highest BCUT2D eigenvalue weighted by atomic mass is 35.5. The van der Waals surface area contributed by atoms with E-state index in [0.717, 1.165) is 6.42 Å². The van der Waals surface area contributed by atoms with Crippen LogP contribution in [0.2, 0.25) is 5.02 Å². The van der Waals surface area contributed by atoms with Gasteiger partial charge in [-0.1, -0.05) is 30.5 Å². The maximum atomic E-state index is 12.8. The number of aliphatic hydroxyl groups is 1. The van der Waals surface area contributed by atoms with Gasteiger partial charge in [0.2, 0.25) is 0 Å². The Morgan fingerprint density at radius 1 is 1.50 bits per heavy atom. The van der Waals surface area contributed by atoms with E-state index in [4.69, 9.17) is 11.6 Å². The minimum absolute atomic E-state index is 0.0809. The van der Waals surface area contributed by atoms with E-state index in [2.05, 4.69) is 0 Å². The first kappa shape index (κ1) is 9.94. The molecule has 0 bridgehead atoms. The van der Waals surface area contributed by atoms with Crippen molar-refractivity contribution in [3.8, 4) is 0 Å². The second-order valence-corrected chi connectivity index (χ2v) is 4.28. The molecule has 0 amide bonds. The lowest BCUT2D eigenvalue weighted by Crippen LogP contribution is -1.98. The highest BCUT2D eigenvalue weighted by Crippen LogP contribution is 2.37. The minimum atomic E-state index is -0.499. The molecule has 0 spiro atoms. The molecule has 2 rings (SSSR count). The smallest absolute Gasteiger partial charge is 0.141 e. The zero-order valence-electron chi connectivity index (χ0n) is 7.71. The van der Waals surface area contributed by atoms with E-state index in [1.54, 1.807) is 6.07 Å². The molecule has 1 aliphatic carbocycles. The summed E-state index contributed by atoms with van der Waals surface area (Å²) in [5.74, 6) is 0.211. The molecule has 1 atom stereocenters. The predicted octanol–water partition coefficient (Wildman–Crippen LogP) is 3.31. The average molecular weight is 215 g/mol. The molecule has 1 fully saturated rings. The Hall–Kier alpha value is -0.600. The fourth-order valence-electron chi connectivity index (χ4n) is 1.53. The van der Waals surface area contributed by atoms with Crippen LogP contribution in [0.15, 0.2) is 18.2 Å². The Bertz CT molecular complexity index is 336.